The fourth-order valence-electron chi connectivity index (χ4n) is 3.87. The minimum Gasteiger partial charge on any atom is -0.368 e. The molecular weight excluding hydrogens is 384 g/mol. The number of fused-ring (bicyclic) bond motifs is 1. The Morgan fingerprint density at radius 1 is 0.710 bits per heavy atom. The van der Waals surface area contributed by atoms with E-state index in [1.165, 1.54) is 0 Å². The number of nitrogens with two attached hydrogens (primary N) is 1. The van der Waals surface area contributed by atoms with E-state index in [4.69, 9.17) is 5.73 Å². The third-order valence-electron chi connectivity index (χ3n) is 5.44. The van der Waals surface area contributed by atoms with Gasteiger partial charge in [0.05, 0.1) is 5.92 Å². The van der Waals surface area contributed by atoms with E-state index in [2.05, 4.69) is 5.32 Å². The SMILES string of the molecule is NC(=O)[C@@H](Cc1ccc2ccccc2c1)NC(=O)C(c1ccccc1)c1ccccc1. The molecule has 4 nitrogen and oxygen atoms in total. The maximum atomic E-state index is 13.3. The summed E-state index contributed by atoms with van der Waals surface area (Å²) < 4.78 is 0. The van der Waals surface area contributed by atoms with Crippen LogP contribution in [0.4, 0.5) is 0 Å². The second kappa shape index (κ2) is 9.26. The van der Waals surface area contributed by atoms with E-state index < -0.39 is 17.9 Å². The van der Waals surface area contributed by atoms with E-state index in [-0.39, 0.29) is 5.91 Å². The summed E-state index contributed by atoms with van der Waals surface area (Å²) in [5.74, 6) is -1.33. The zero-order chi connectivity index (χ0) is 21.6. The Morgan fingerprint density at radius 2 is 1.26 bits per heavy atom. The van der Waals surface area contributed by atoms with Gasteiger partial charge < -0.3 is 11.1 Å². The Morgan fingerprint density at radius 3 is 1.84 bits per heavy atom. The first-order valence-corrected chi connectivity index (χ1v) is 10.3. The number of hydrogen-bond donors (Lipinski definition) is 2. The van der Waals surface area contributed by atoms with Crippen molar-refractivity contribution in [1.82, 2.24) is 5.32 Å². The van der Waals surface area contributed by atoms with Gasteiger partial charge in [0.2, 0.25) is 11.8 Å². The van der Waals surface area contributed by atoms with Crippen LogP contribution in [0.15, 0.2) is 103 Å². The molecule has 4 heteroatoms. The van der Waals surface area contributed by atoms with Gasteiger partial charge in [0, 0.05) is 6.42 Å². The highest BCUT2D eigenvalue weighted by Gasteiger charge is 2.27. The van der Waals surface area contributed by atoms with Crippen LogP contribution < -0.4 is 11.1 Å². The largest absolute Gasteiger partial charge is 0.368 e. The van der Waals surface area contributed by atoms with Gasteiger partial charge in [-0.3, -0.25) is 9.59 Å². The summed E-state index contributed by atoms with van der Waals surface area (Å²) in [5, 5.41) is 5.11. The molecule has 154 valence electrons. The van der Waals surface area contributed by atoms with Crippen molar-refractivity contribution >= 4 is 22.6 Å². The molecular formula is C27H24N2O2. The topological polar surface area (TPSA) is 72.2 Å². The predicted octanol–water partition coefficient (Wildman–Crippen LogP) is 4.18. The first-order chi connectivity index (χ1) is 15.1. The van der Waals surface area contributed by atoms with Crippen LogP contribution >= 0.6 is 0 Å². The summed E-state index contributed by atoms with van der Waals surface area (Å²) in [4.78, 5) is 25.5. The van der Waals surface area contributed by atoms with Gasteiger partial charge in [-0.05, 0) is 27.5 Å². The molecule has 0 spiro atoms. The van der Waals surface area contributed by atoms with Crippen molar-refractivity contribution in [3.63, 3.8) is 0 Å². The van der Waals surface area contributed by atoms with Gasteiger partial charge in [-0.15, -0.1) is 0 Å². The smallest absolute Gasteiger partial charge is 0.240 e. The summed E-state index contributed by atoms with van der Waals surface area (Å²) >= 11 is 0. The van der Waals surface area contributed by atoms with Crippen molar-refractivity contribution in [3.05, 3.63) is 120 Å². The summed E-state index contributed by atoms with van der Waals surface area (Å²) in [6.07, 6.45) is 0.336. The van der Waals surface area contributed by atoms with Crippen molar-refractivity contribution in [1.29, 1.82) is 0 Å². The third-order valence-corrected chi connectivity index (χ3v) is 5.44. The summed E-state index contributed by atoms with van der Waals surface area (Å²) in [5.41, 5.74) is 8.34. The van der Waals surface area contributed by atoms with Crippen molar-refractivity contribution in [3.8, 4) is 0 Å². The highest BCUT2D eigenvalue weighted by molar-refractivity contribution is 5.92. The Labute approximate surface area is 181 Å². The number of primary amides is 1. The van der Waals surface area contributed by atoms with E-state index in [0.717, 1.165) is 27.5 Å². The van der Waals surface area contributed by atoms with E-state index >= 15 is 0 Å². The number of amides is 2. The highest BCUT2D eigenvalue weighted by Crippen LogP contribution is 2.25. The monoisotopic (exact) mass is 408 g/mol. The van der Waals surface area contributed by atoms with Crippen LogP contribution in [0.5, 0.6) is 0 Å². The van der Waals surface area contributed by atoms with E-state index in [1.54, 1.807) is 0 Å². The number of rotatable bonds is 7. The van der Waals surface area contributed by atoms with Gasteiger partial charge in [-0.25, -0.2) is 0 Å². The summed E-state index contributed by atoms with van der Waals surface area (Å²) in [6.45, 7) is 0. The number of hydrogen-bond acceptors (Lipinski definition) is 2. The maximum absolute atomic E-state index is 13.3. The van der Waals surface area contributed by atoms with Crippen LogP contribution in [0, 0.1) is 0 Å². The Hall–Kier alpha value is -3.92. The fraction of sp³-hybridized carbons (Fsp3) is 0.111. The molecule has 0 heterocycles. The van der Waals surface area contributed by atoms with Gasteiger partial charge in [-0.2, -0.15) is 0 Å². The lowest BCUT2D eigenvalue weighted by Crippen LogP contribution is -2.47. The van der Waals surface area contributed by atoms with Crippen molar-refractivity contribution in [2.75, 3.05) is 0 Å². The van der Waals surface area contributed by atoms with Crippen LogP contribution in [0.2, 0.25) is 0 Å². The average molecular weight is 409 g/mol. The lowest BCUT2D eigenvalue weighted by Gasteiger charge is -2.22. The van der Waals surface area contributed by atoms with Gasteiger partial charge >= 0.3 is 0 Å². The normalized spacial score (nSPS) is 11.9. The molecule has 0 saturated carbocycles. The summed E-state index contributed by atoms with van der Waals surface area (Å²) in [7, 11) is 0. The Kier molecular flexibility index (Phi) is 6.08. The molecule has 4 aromatic carbocycles. The lowest BCUT2D eigenvalue weighted by molar-refractivity contribution is -0.127. The van der Waals surface area contributed by atoms with Crippen LogP contribution in [0.1, 0.15) is 22.6 Å². The Balaban J connectivity index is 1.59. The van der Waals surface area contributed by atoms with E-state index in [1.807, 2.05) is 103 Å². The molecule has 4 aromatic rings. The molecule has 0 unspecified atom stereocenters. The molecule has 0 fully saturated rings. The van der Waals surface area contributed by atoms with Crippen LogP contribution in [0.3, 0.4) is 0 Å². The average Bonchev–Trinajstić information content (AvgIpc) is 2.80. The van der Waals surface area contributed by atoms with Crippen LogP contribution in [-0.4, -0.2) is 17.9 Å². The maximum Gasteiger partial charge on any atom is 0.240 e. The number of carbonyl (C=O) groups is 2. The van der Waals surface area contributed by atoms with Gasteiger partial charge in [0.15, 0.2) is 0 Å². The minimum atomic E-state index is -0.802. The van der Waals surface area contributed by atoms with E-state index in [0.29, 0.717) is 6.42 Å². The molecule has 3 N–H and O–H groups in total. The second-order valence-electron chi connectivity index (χ2n) is 7.60. The number of carbonyl (C=O) groups excluding carboxylic acids is 2. The zero-order valence-electron chi connectivity index (χ0n) is 17.1. The first kappa shape index (κ1) is 20.4. The highest BCUT2D eigenvalue weighted by atomic mass is 16.2. The van der Waals surface area contributed by atoms with Crippen molar-refractivity contribution in [2.24, 2.45) is 5.73 Å². The molecule has 31 heavy (non-hydrogen) atoms. The molecule has 0 saturated heterocycles. The fourth-order valence-corrected chi connectivity index (χ4v) is 3.87. The molecule has 1 atom stereocenters. The summed E-state index contributed by atoms with van der Waals surface area (Å²) in [6, 6.07) is 32.3. The molecule has 0 radical (unpaired) electrons. The molecule has 0 aliphatic heterocycles. The molecule has 0 aliphatic carbocycles. The van der Waals surface area contributed by atoms with Gasteiger partial charge in [0.1, 0.15) is 6.04 Å². The molecule has 0 aliphatic rings. The zero-order valence-corrected chi connectivity index (χ0v) is 17.1. The minimum absolute atomic E-state index is 0.248. The van der Waals surface area contributed by atoms with Crippen molar-refractivity contribution < 1.29 is 9.59 Å². The quantitative estimate of drug-likeness (QED) is 0.481. The molecule has 0 bridgehead atoms. The standard InChI is InChI=1S/C27H24N2O2/c28-26(30)24(18-19-15-16-20-9-7-8-14-23(20)17-19)29-27(31)25(21-10-3-1-4-11-21)22-12-5-2-6-13-22/h1-17,24-25H,18H2,(H2,28,30)(H,29,31)/t24-/m1/s1. The van der Waals surface area contributed by atoms with Gasteiger partial charge in [0.25, 0.3) is 0 Å². The van der Waals surface area contributed by atoms with Crippen LogP contribution in [-0.2, 0) is 16.0 Å². The van der Waals surface area contributed by atoms with Crippen molar-refractivity contribution in [2.45, 2.75) is 18.4 Å². The lowest BCUT2D eigenvalue weighted by atomic mass is 9.90. The van der Waals surface area contributed by atoms with Gasteiger partial charge in [-0.1, -0.05) is 103 Å². The Bertz CT molecular complexity index is 1150. The molecule has 4 rings (SSSR count). The predicted molar refractivity (Wildman–Crippen MR) is 124 cm³/mol. The molecule has 2 amide bonds. The third kappa shape index (κ3) is 4.81. The second-order valence-corrected chi connectivity index (χ2v) is 7.60. The van der Waals surface area contributed by atoms with Crippen LogP contribution in [0.25, 0.3) is 10.8 Å². The molecule has 0 aromatic heterocycles. The number of benzene rings is 4. The number of nitrogens with one attached hydrogen (secondary N) is 1. The van der Waals surface area contributed by atoms with E-state index in [9.17, 15) is 9.59 Å². The first-order valence-electron chi connectivity index (χ1n) is 10.3.